The largest absolute Gasteiger partial charge is 0.497 e. The molecule has 2 saturated heterocycles. The van der Waals surface area contributed by atoms with E-state index in [4.69, 9.17) is 9.47 Å². The lowest BCUT2D eigenvalue weighted by atomic mass is 9.98. The van der Waals surface area contributed by atoms with Crippen LogP contribution in [0.15, 0.2) is 36.4 Å². The Kier molecular flexibility index (Phi) is 7.60. The average molecular weight is 466 g/mol. The van der Waals surface area contributed by atoms with Crippen molar-refractivity contribution in [1.82, 2.24) is 4.90 Å². The SMILES string of the molecule is COc1ccc(C(=O)Nc2ccc(N3CCCCC3)c(C(=O)N3CCC(C)CC3)c2)c(OC)c1. The third-order valence-electron chi connectivity index (χ3n) is 6.91. The van der Waals surface area contributed by atoms with Gasteiger partial charge >= 0.3 is 0 Å². The zero-order chi connectivity index (χ0) is 24.1. The van der Waals surface area contributed by atoms with Gasteiger partial charge in [-0.25, -0.2) is 0 Å². The molecule has 2 amide bonds. The summed E-state index contributed by atoms with van der Waals surface area (Å²) in [7, 11) is 3.09. The number of rotatable bonds is 6. The number of nitrogens with zero attached hydrogens (tertiary/aromatic N) is 2. The van der Waals surface area contributed by atoms with Crippen molar-refractivity contribution in [2.45, 2.75) is 39.0 Å². The van der Waals surface area contributed by atoms with E-state index < -0.39 is 0 Å². The van der Waals surface area contributed by atoms with Crippen molar-refractivity contribution in [3.8, 4) is 11.5 Å². The van der Waals surface area contributed by atoms with Crippen molar-refractivity contribution < 1.29 is 19.1 Å². The summed E-state index contributed by atoms with van der Waals surface area (Å²) in [5.74, 6) is 1.44. The number of amides is 2. The molecule has 0 radical (unpaired) electrons. The summed E-state index contributed by atoms with van der Waals surface area (Å²) in [4.78, 5) is 30.9. The number of nitrogens with one attached hydrogen (secondary N) is 1. The normalized spacial score (nSPS) is 16.8. The predicted octanol–water partition coefficient (Wildman–Crippen LogP) is 4.82. The van der Waals surface area contributed by atoms with Crippen molar-refractivity contribution in [2.24, 2.45) is 5.92 Å². The van der Waals surface area contributed by atoms with E-state index in [1.54, 1.807) is 25.3 Å². The number of ether oxygens (including phenoxy) is 2. The molecule has 0 aliphatic carbocycles. The van der Waals surface area contributed by atoms with Gasteiger partial charge in [-0.05, 0) is 68.4 Å². The smallest absolute Gasteiger partial charge is 0.259 e. The lowest BCUT2D eigenvalue weighted by Gasteiger charge is -2.34. The molecule has 0 bridgehead atoms. The van der Waals surface area contributed by atoms with E-state index in [1.165, 1.54) is 13.5 Å². The highest BCUT2D eigenvalue weighted by molar-refractivity contribution is 6.08. The van der Waals surface area contributed by atoms with Crippen LogP contribution in [0.25, 0.3) is 0 Å². The van der Waals surface area contributed by atoms with Gasteiger partial charge in [0.25, 0.3) is 11.8 Å². The van der Waals surface area contributed by atoms with Crippen molar-refractivity contribution in [3.05, 3.63) is 47.5 Å². The molecule has 7 nitrogen and oxygen atoms in total. The number of hydrogen-bond acceptors (Lipinski definition) is 5. The monoisotopic (exact) mass is 465 g/mol. The molecule has 0 atom stereocenters. The maximum absolute atomic E-state index is 13.6. The fourth-order valence-corrected chi connectivity index (χ4v) is 4.76. The van der Waals surface area contributed by atoms with Crippen LogP contribution in [0.4, 0.5) is 11.4 Å². The van der Waals surface area contributed by atoms with Gasteiger partial charge in [-0.1, -0.05) is 6.92 Å². The minimum atomic E-state index is -0.296. The van der Waals surface area contributed by atoms with Gasteiger partial charge in [0.1, 0.15) is 11.5 Å². The van der Waals surface area contributed by atoms with Crippen LogP contribution in [0.1, 0.15) is 59.7 Å². The van der Waals surface area contributed by atoms with Crippen molar-refractivity contribution in [3.63, 3.8) is 0 Å². The molecule has 2 aromatic rings. The van der Waals surface area contributed by atoms with Crippen molar-refractivity contribution >= 4 is 23.2 Å². The van der Waals surface area contributed by atoms with Gasteiger partial charge in [-0.3, -0.25) is 9.59 Å². The first-order valence-corrected chi connectivity index (χ1v) is 12.2. The Labute approximate surface area is 202 Å². The molecule has 4 rings (SSSR count). The molecule has 0 saturated carbocycles. The zero-order valence-corrected chi connectivity index (χ0v) is 20.4. The molecule has 2 fully saturated rings. The second kappa shape index (κ2) is 10.8. The number of hydrogen-bond donors (Lipinski definition) is 1. The van der Waals surface area contributed by atoms with Gasteiger partial charge < -0.3 is 24.6 Å². The van der Waals surface area contributed by atoms with Crippen molar-refractivity contribution in [2.75, 3.05) is 50.6 Å². The third-order valence-corrected chi connectivity index (χ3v) is 6.91. The van der Waals surface area contributed by atoms with Crippen LogP contribution in [0.2, 0.25) is 0 Å². The number of likely N-dealkylation sites (tertiary alicyclic amines) is 1. The standard InChI is InChI=1S/C27H35N3O4/c1-19-11-15-30(16-12-19)27(32)23-17-20(7-10-24(23)29-13-5-4-6-14-29)28-26(31)22-9-8-21(33-2)18-25(22)34-3/h7-10,17-19H,4-6,11-16H2,1-3H3,(H,28,31). The van der Waals surface area contributed by atoms with E-state index in [9.17, 15) is 9.59 Å². The lowest BCUT2D eigenvalue weighted by Crippen LogP contribution is -2.39. The third kappa shape index (κ3) is 5.29. The number of carbonyl (C=O) groups is 2. The highest BCUT2D eigenvalue weighted by Gasteiger charge is 2.26. The second-order valence-electron chi connectivity index (χ2n) is 9.27. The Bertz CT molecular complexity index is 1020. The first kappa shape index (κ1) is 23.9. The van der Waals surface area contributed by atoms with E-state index in [0.717, 1.165) is 57.5 Å². The molecule has 2 aliphatic rings. The summed E-state index contributed by atoms with van der Waals surface area (Å²) in [5.41, 5.74) is 2.62. The molecule has 2 heterocycles. The van der Waals surface area contributed by atoms with E-state index in [2.05, 4.69) is 17.1 Å². The average Bonchev–Trinajstić information content (AvgIpc) is 2.88. The summed E-state index contributed by atoms with van der Waals surface area (Å²) in [6, 6.07) is 10.8. The lowest BCUT2D eigenvalue weighted by molar-refractivity contribution is 0.0697. The van der Waals surface area contributed by atoms with Crippen LogP contribution in [0.3, 0.4) is 0 Å². The van der Waals surface area contributed by atoms with E-state index in [0.29, 0.717) is 34.2 Å². The number of anilines is 2. The fraction of sp³-hybridized carbons (Fsp3) is 0.481. The van der Waals surface area contributed by atoms with Crippen LogP contribution in [0, 0.1) is 5.92 Å². The quantitative estimate of drug-likeness (QED) is 0.662. The van der Waals surface area contributed by atoms with Gasteiger partial charge in [0, 0.05) is 43.6 Å². The second-order valence-corrected chi connectivity index (χ2v) is 9.27. The summed E-state index contributed by atoms with van der Waals surface area (Å²) >= 11 is 0. The molecule has 2 aliphatic heterocycles. The summed E-state index contributed by atoms with van der Waals surface area (Å²) in [6.45, 7) is 5.70. The minimum absolute atomic E-state index is 0.0469. The van der Waals surface area contributed by atoms with Crippen LogP contribution >= 0.6 is 0 Å². The van der Waals surface area contributed by atoms with Crippen LogP contribution in [-0.2, 0) is 0 Å². The Morgan fingerprint density at radius 1 is 0.882 bits per heavy atom. The van der Waals surface area contributed by atoms with Gasteiger partial charge in [-0.15, -0.1) is 0 Å². The Balaban J connectivity index is 1.61. The Hall–Kier alpha value is -3.22. The summed E-state index contributed by atoms with van der Waals surface area (Å²) in [5, 5.41) is 2.96. The fourth-order valence-electron chi connectivity index (χ4n) is 4.76. The first-order valence-electron chi connectivity index (χ1n) is 12.2. The highest BCUT2D eigenvalue weighted by atomic mass is 16.5. The number of benzene rings is 2. The van der Waals surface area contributed by atoms with E-state index >= 15 is 0 Å². The van der Waals surface area contributed by atoms with Gasteiger partial charge in [0.2, 0.25) is 0 Å². The topological polar surface area (TPSA) is 71.1 Å². The maximum Gasteiger partial charge on any atom is 0.259 e. The van der Waals surface area contributed by atoms with Crippen LogP contribution in [-0.4, -0.2) is 57.1 Å². The predicted molar refractivity (Wildman–Crippen MR) is 134 cm³/mol. The molecule has 0 spiro atoms. The molecule has 0 unspecified atom stereocenters. The van der Waals surface area contributed by atoms with E-state index in [1.807, 2.05) is 23.1 Å². The molecule has 2 aromatic carbocycles. The summed E-state index contributed by atoms with van der Waals surface area (Å²) in [6.07, 6.45) is 5.54. The molecule has 34 heavy (non-hydrogen) atoms. The Morgan fingerprint density at radius 3 is 2.29 bits per heavy atom. The molecule has 182 valence electrons. The zero-order valence-electron chi connectivity index (χ0n) is 20.4. The van der Waals surface area contributed by atoms with Crippen LogP contribution in [0.5, 0.6) is 11.5 Å². The number of carbonyl (C=O) groups excluding carboxylic acids is 2. The molecular formula is C27H35N3O4. The maximum atomic E-state index is 13.6. The van der Waals surface area contributed by atoms with E-state index in [-0.39, 0.29) is 11.8 Å². The summed E-state index contributed by atoms with van der Waals surface area (Å²) < 4.78 is 10.6. The van der Waals surface area contributed by atoms with Crippen LogP contribution < -0.4 is 19.7 Å². The molecule has 1 N–H and O–H groups in total. The molecular weight excluding hydrogens is 430 g/mol. The van der Waals surface area contributed by atoms with Gasteiger partial charge in [0.05, 0.1) is 25.3 Å². The molecule has 0 aromatic heterocycles. The molecule has 7 heteroatoms. The number of piperidine rings is 2. The highest BCUT2D eigenvalue weighted by Crippen LogP contribution is 2.31. The Morgan fingerprint density at radius 2 is 1.62 bits per heavy atom. The van der Waals surface area contributed by atoms with Gasteiger partial charge in [0.15, 0.2) is 0 Å². The minimum Gasteiger partial charge on any atom is -0.497 e. The van der Waals surface area contributed by atoms with Gasteiger partial charge in [-0.2, -0.15) is 0 Å². The van der Waals surface area contributed by atoms with Crippen molar-refractivity contribution in [1.29, 1.82) is 0 Å². The number of methoxy groups -OCH3 is 2. The first-order chi connectivity index (χ1) is 16.5.